The average molecular weight is 231 g/mol. The number of hydrogen-bond donors (Lipinski definition) is 1. The van der Waals surface area contributed by atoms with E-state index in [1.165, 1.54) is 0 Å². The summed E-state index contributed by atoms with van der Waals surface area (Å²) in [6.45, 7) is 6.33. The first-order chi connectivity index (χ1) is 7.89. The highest BCUT2D eigenvalue weighted by atomic mass is 15.3. The molecule has 0 saturated heterocycles. The van der Waals surface area contributed by atoms with E-state index in [2.05, 4.69) is 36.0 Å². The minimum Gasteiger partial charge on any atom is -0.397 e. The van der Waals surface area contributed by atoms with Gasteiger partial charge < -0.3 is 10.3 Å². The maximum atomic E-state index is 5.72. The van der Waals surface area contributed by atoms with Gasteiger partial charge in [-0.15, -0.1) is 10.2 Å². The fourth-order valence-electron chi connectivity index (χ4n) is 1.81. The fraction of sp³-hybridized carbons (Fsp3) is 0.417. The van der Waals surface area contributed by atoms with E-state index >= 15 is 0 Å². The predicted molar refractivity (Wildman–Crippen MR) is 67.3 cm³/mol. The highest BCUT2D eigenvalue weighted by Crippen LogP contribution is 2.24. The van der Waals surface area contributed by atoms with Gasteiger partial charge in [-0.25, -0.2) is 0 Å². The van der Waals surface area contributed by atoms with Gasteiger partial charge in [0, 0.05) is 30.4 Å². The summed E-state index contributed by atoms with van der Waals surface area (Å²) in [5, 5.41) is 8.45. The summed E-state index contributed by atoms with van der Waals surface area (Å²) in [4.78, 5) is 4.07. The van der Waals surface area contributed by atoms with E-state index in [1.54, 1.807) is 12.4 Å². The molecule has 2 rings (SSSR count). The Morgan fingerprint density at radius 1 is 1.18 bits per heavy atom. The van der Waals surface area contributed by atoms with Gasteiger partial charge in [0.1, 0.15) is 5.82 Å². The molecule has 90 valence electrons. The molecule has 2 aromatic heterocycles. The van der Waals surface area contributed by atoms with Gasteiger partial charge in [0.25, 0.3) is 0 Å². The molecule has 2 N–H and O–H groups in total. The summed E-state index contributed by atoms with van der Waals surface area (Å²) in [6.07, 6.45) is 3.36. The SMILES string of the molecule is Cn1c(-c2cncc(N)c2)nnc1C(C)(C)C. The van der Waals surface area contributed by atoms with Gasteiger partial charge in [-0.1, -0.05) is 20.8 Å². The quantitative estimate of drug-likeness (QED) is 0.811. The highest BCUT2D eigenvalue weighted by Gasteiger charge is 2.22. The first-order valence-corrected chi connectivity index (χ1v) is 5.50. The highest BCUT2D eigenvalue weighted by molar-refractivity contribution is 5.59. The summed E-state index contributed by atoms with van der Waals surface area (Å²) in [7, 11) is 1.96. The summed E-state index contributed by atoms with van der Waals surface area (Å²) < 4.78 is 1.98. The number of nitrogens with zero attached hydrogens (tertiary/aromatic N) is 4. The molecule has 0 aliphatic carbocycles. The average Bonchev–Trinajstić information content (AvgIpc) is 2.59. The van der Waals surface area contributed by atoms with Crippen LogP contribution in [0.4, 0.5) is 5.69 Å². The fourth-order valence-corrected chi connectivity index (χ4v) is 1.81. The van der Waals surface area contributed by atoms with Crippen LogP contribution in [0.5, 0.6) is 0 Å². The molecule has 17 heavy (non-hydrogen) atoms. The molecule has 0 aliphatic rings. The van der Waals surface area contributed by atoms with E-state index in [4.69, 9.17) is 5.73 Å². The van der Waals surface area contributed by atoms with Crippen LogP contribution in [-0.2, 0) is 12.5 Å². The zero-order chi connectivity index (χ0) is 12.6. The number of hydrogen-bond acceptors (Lipinski definition) is 4. The number of nitrogens with two attached hydrogens (primary N) is 1. The Labute approximate surface area is 101 Å². The standard InChI is InChI=1S/C12H17N5/c1-12(2,3)11-16-15-10(17(11)4)8-5-9(13)7-14-6-8/h5-7H,13H2,1-4H3. The minimum atomic E-state index is -0.0340. The third kappa shape index (κ3) is 2.13. The molecule has 5 heteroatoms. The molecular weight excluding hydrogens is 214 g/mol. The molecule has 0 aliphatic heterocycles. The Bertz CT molecular complexity index is 536. The smallest absolute Gasteiger partial charge is 0.165 e. The molecular formula is C12H17N5. The lowest BCUT2D eigenvalue weighted by atomic mass is 9.96. The van der Waals surface area contributed by atoms with Gasteiger partial charge >= 0.3 is 0 Å². The minimum absolute atomic E-state index is 0.0340. The Morgan fingerprint density at radius 2 is 1.88 bits per heavy atom. The molecule has 0 amide bonds. The lowest BCUT2D eigenvalue weighted by molar-refractivity contribution is 0.521. The van der Waals surface area contributed by atoms with Gasteiger partial charge in [-0.2, -0.15) is 0 Å². The Balaban J connectivity index is 2.52. The zero-order valence-corrected chi connectivity index (χ0v) is 10.6. The zero-order valence-electron chi connectivity index (χ0n) is 10.6. The molecule has 2 heterocycles. The second-order valence-electron chi connectivity index (χ2n) is 5.16. The normalized spacial score (nSPS) is 11.8. The molecule has 0 radical (unpaired) electrons. The summed E-state index contributed by atoms with van der Waals surface area (Å²) in [5.41, 5.74) is 7.20. The van der Waals surface area contributed by atoms with Crippen LogP contribution in [0.15, 0.2) is 18.5 Å². The van der Waals surface area contributed by atoms with Crippen LogP contribution in [-0.4, -0.2) is 19.7 Å². The van der Waals surface area contributed by atoms with Crippen molar-refractivity contribution in [2.75, 3.05) is 5.73 Å². The van der Waals surface area contributed by atoms with E-state index < -0.39 is 0 Å². The van der Waals surface area contributed by atoms with E-state index in [1.807, 2.05) is 17.7 Å². The molecule has 0 atom stereocenters. The van der Waals surface area contributed by atoms with E-state index in [9.17, 15) is 0 Å². The molecule has 0 aromatic carbocycles. The molecule has 0 unspecified atom stereocenters. The van der Waals surface area contributed by atoms with E-state index in [-0.39, 0.29) is 5.41 Å². The van der Waals surface area contributed by atoms with Crippen LogP contribution < -0.4 is 5.73 Å². The van der Waals surface area contributed by atoms with Crippen LogP contribution in [0.2, 0.25) is 0 Å². The third-order valence-corrected chi connectivity index (χ3v) is 2.56. The largest absolute Gasteiger partial charge is 0.397 e. The Morgan fingerprint density at radius 3 is 2.41 bits per heavy atom. The summed E-state index contributed by atoms with van der Waals surface area (Å²) >= 11 is 0. The first kappa shape index (κ1) is 11.6. The number of nitrogen functional groups attached to an aromatic ring is 1. The van der Waals surface area contributed by atoms with Gasteiger partial charge in [-0.3, -0.25) is 4.98 Å². The van der Waals surface area contributed by atoms with E-state index in [0.717, 1.165) is 17.2 Å². The molecule has 0 saturated carbocycles. The van der Waals surface area contributed by atoms with Gasteiger partial charge in [0.15, 0.2) is 5.82 Å². The maximum absolute atomic E-state index is 5.72. The third-order valence-electron chi connectivity index (χ3n) is 2.56. The number of anilines is 1. The monoisotopic (exact) mass is 231 g/mol. The van der Waals surface area contributed by atoms with E-state index in [0.29, 0.717) is 5.69 Å². The van der Waals surface area contributed by atoms with Crippen LogP contribution in [0.3, 0.4) is 0 Å². The van der Waals surface area contributed by atoms with Crippen LogP contribution in [0, 0.1) is 0 Å². The summed E-state index contributed by atoms with van der Waals surface area (Å²) in [6, 6.07) is 1.85. The second-order valence-corrected chi connectivity index (χ2v) is 5.16. The lowest BCUT2D eigenvalue weighted by Gasteiger charge is -2.17. The van der Waals surface area contributed by atoms with Crippen molar-refractivity contribution in [3.05, 3.63) is 24.3 Å². The molecule has 5 nitrogen and oxygen atoms in total. The molecule has 0 bridgehead atoms. The Hall–Kier alpha value is -1.91. The van der Waals surface area contributed by atoms with Crippen molar-refractivity contribution < 1.29 is 0 Å². The van der Waals surface area contributed by atoms with Gasteiger partial charge in [0.05, 0.1) is 5.69 Å². The number of pyridine rings is 1. The van der Waals surface area contributed by atoms with Crippen molar-refractivity contribution >= 4 is 5.69 Å². The van der Waals surface area contributed by atoms with Crippen molar-refractivity contribution in [3.8, 4) is 11.4 Å². The molecule has 2 aromatic rings. The van der Waals surface area contributed by atoms with Crippen molar-refractivity contribution in [2.45, 2.75) is 26.2 Å². The number of rotatable bonds is 1. The van der Waals surface area contributed by atoms with Crippen molar-refractivity contribution in [1.82, 2.24) is 19.7 Å². The van der Waals surface area contributed by atoms with Crippen molar-refractivity contribution in [2.24, 2.45) is 7.05 Å². The van der Waals surface area contributed by atoms with Crippen LogP contribution in [0.25, 0.3) is 11.4 Å². The lowest BCUT2D eigenvalue weighted by Crippen LogP contribution is -2.17. The van der Waals surface area contributed by atoms with Crippen molar-refractivity contribution in [3.63, 3.8) is 0 Å². The predicted octanol–water partition coefficient (Wildman–Crippen LogP) is 1.76. The first-order valence-electron chi connectivity index (χ1n) is 5.50. The summed E-state index contributed by atoms with van der Waals surface area (Å²) in [5.74, 6) is 1.73. The van der Waals surface area contributed by atoms with Crippen LogP contribution >= 0.6 is 0 Å². The maximum Gasteiger partial charge on any atom is 0.165 e. The molecule has 0 fully saturated rings. The van der Waals surface area contributed by atoms with Gasteiger partial charge in [0.2, 0.25) is 0 Å². The Kier molecular flexibility index (Phi) is 2.61. The molecule has 0 spiro atoms. The van der Waals surface area contributed by atoms with Crippen LogP contribution in [0.1, 0.15) is 26.6 Å². The second kappa shape index (κ2) is 3.84. The van der Waals surface area contributed by atoms with Gasteiger partial charge in [-0.05, 0) is 6.07 Å². The topological polar surface area (TPSA) is 69.6 Å². The van der Waals surface area contributed by atoms with Crippen molar-refractivity contribution in [1.29, 1.82) is 0 Å². The number of aromatic nitrogens is 4.